The Labute approximate surface area is 161 Å². The van der Waals surface area contributed by atoms with Gasteiger partial charge in [-0.25, -0.2) is 8.78 Å². The van der Waals surface area contributed by atoms with Gasteiger partial charge in [0.15, 0.2) is 0 Å². The summed E-state index contributed by atoms with van der Waals surface area (Å²) in [4.78, 5) is 13.5. The van der Waals surface area contributed by atoms with E-state index >= 15 is 0 Å². The van der Waals surface area contributed by atoms with Crippen molar-refractivity contribution in [2.24, 2.45) is 0 Å². The fourth-order valence-electron chi connectivity index (χ4n) is 3.63. The molecule has 0 aromatic heterocycles. The average Bonchev–Trinajstić information content (AvgIpc) is 3.09. The summed E-state index contributed by atoms with van der Waals surface area (Å²) >= 11 is 6.18. The molecule has 1 aliphatic rings. The van der Waals surface area contributed by atoms with Gasteiger partial charge in [-0.15, -0.1) is 0 Å². The van der Waals surface area contributed by atoms with Gasteiger partial charge in [0.05, 0.1) is 12.6 Å². The minimum Gasteiger partial charge on any atom is -0.494 e. The fourth-order valence-corrected chi connectivity index (χ4v) is 3.81. The van der Waals surface area contributed by atoms with Gasteiger partial charge >= 0.3 is 5.97 Å². The molecular weight excluding hydrogens is 376 g/mol. The number of hydrogen-bond donors (Lipinski definition) is 1. The predicted octanol–water partition coefficient (Wildman–Crippen LogP) is 4.66. The molecule has 1 N–H and O–H groups in total. The van der Waals surface area contributed by atoms with Crippen molar-refractivity contribution in [3.05, 3.63) is 64.2 Å². The molecule has 0 bridgehead atoms. The van der Waals surface area contributed by atoms with Crippen LogP contribution in [0.3, 0.4) is 0 Å². The molecule has 27 heavy (non-hydrogen) atoms. The molecule has 4 nitrogen and oxygen atoms in total. The number of hydrogen-bond acceptors (Lipinski definition) is 3. The largest absolute Gasteiger partial charge is 0.494 e. The van der Waals surface area contributed by atoms with E-state index in [2.05, 4.69) is 0 Å². The van der Waals surface area contributed by atoms with Crippen molar-refractivity contribution in [1.82, 2.24) is 4.90 Å². The number of aliphatic carboxylic acids is 1. The minimum absolute atomic E-state index is 0.188. The molecule has 2 unspecified atom stereocenters. The highest BCUT2D eigenvalue weighted by Gasteiger charge is 2.39. The summed E-state index contributed by atoms with van der Waals surface area (Å²) in [5, 5.41) is 10.0. The van der Waals surface area contributed by atoms with Crippen molar-refractivity contribution < 1.29 is 23.4 Å². The van der Waals surface area contributed by atoms with Gasteiger partial charge in [-0.1, -0.05) is 17.7 Å². The van der Waals surface area contributed by atoms with Crippen LogP contribution in [0.5, 0.6) is 5.75 Å². The zero-order valence-electron chi connectivity index (χ0n) is 14.8. The van der Waals surface area contributed by atoms with E-state index in [9.17, 15) is 18.7 Å². The number of carbonyl (C=O) groups is 1. The Kier molecular flexibility index (Phi) is 5.97. The van der Waals surface area contributed by atoms with Crippen molar-refractivity contribution in [3.8, 4) is 5.75 Å². The lowest BCUT2D eigenvalue weighted by atomic mass is 9.94. The van der Waals surface area contributed by atoms with E-state index in [0.29, 0.717) is 42.3 Å². The van der Waals surface area contributed by atoms with Crippen molar-refractivity contribution >= 4 is 17.6 Å². The summed E-state index contributed by atoms with van der Waals surface area (Å²) in [6.45, 7) is 2.67. The molecule has 3 rings (SSSR count). The number of carboxylic acids is 1. The second-order valence-corrected chi connectivity index (χ2v) is 6.85. The first-order valence-electron chi connectivity index (χ1n) is 8.78. The summed E-state index contributed by atoms with van der Waals surface area (Å²) in [6.07, 6.45) is 1.12. The maximum Gasteiger partial charge on any atom is 0.320 e. The Hall–Kier alpha value is -2.18. The quantitative estimate of drug-likeness (QED) is 0.773. The van der Waals surface area contributed by atoms with Gasteiger partial charge in [0.25, 0.3) is 0 Å². The molecule has 7 heteroatoms. The average molecular weight is 396 g/mol. The highest BCUT2D eigenvalue weighted by molar-refractivity contribution is 6.30. The third-order valence-corrected chi connectivity index (χ3v) is 4.97. The van der Waals surface area contributed by atoms with Crippen LogP contribution in [-0.2, 0) is 4.79 Å². The minimum atomic E-state index is -0.972. The lowest BCUT2D eigenvalue weighted by molar-refractivity contribution is -0.142. The molecule has 1 fully saturated rings. The van der Waals surface area contributed by atoms with Crippen LogP contribution >= 0.6 is 11.6 Å². The van der Waals surface area contributed by atoms with Crippen molar-refractivity contribution in [2.45, 2.75) is 31.8 Å². The standard InChI is InChI=1S/C20H20ClF2NO3/c1-2-27-18-8-5-12(21)10-15(18)19(14-7-6-13(22)11-16(14)23)24-9-3-4-17(24)20(25)26/h5-8,10-11,17,19H,2-4,9H2,1H3,(H,25,26). The van der Waals surface area contributed by atoms with Gasteiger partial charge in [-0.3, -0.25) is 9.69 Å². The number of benzene rings is 2. The number of ether oxygens (including phenoxy) is 1. The van der Waals surface area contributed by atoms with E-state index in [1.54, 1.807) is 23.1 Å². The van der Waals surface area contributed by atoms with Gasteiger partial charge in [-0.05, 0) is 44.0 Å². The molecule has 2 aromatic rings. The molecule has 0 aliphatic carbocycles. The first kappa shape index (κ1) is 19.6. The van der Waals surface area contributed by atoms with Gasteiger partial charge < -0.3 is 9.84 Å². The summed E-state index contributed by atoms with van der Waals surface area (Å²) < 4.78 is 33.8. The Morgan fingerprint density at radius 2 is 2.07 bits per heavy atom. The van der Waals surface area contributed by atoms with Gasteiger partial charge in [0.2, 0.25) is 0 Å². The molecule has 1 heterocycles. The highest BCUT2D eigenvalue weighted by Crippen LogP contribution is 2.41. The van der Waals surface area contributed by atoms with Gasteiger partial charge in [0, 0.05) is 28.8 Å². The Bertz CT molecular complexity index is 846. The Balaban J connectivity index is 2.19. The lowest BCUT2D eigenvalue weighted by Gasteiger charge is -2.33. The SMILES string of the molecule is CCOc1ccc(Cl)cc1C(c1ccc(F)cc1F)N1CCCC1C(=O)O. The number of carboxylic acid groups (broad SMARTS) is 1. The first-order chi connectivity index (χ1) is 12.9. The smallest absolute Gasteiger partial charge is 0.320 e. The molecule has 1 aliphatic heterocycles. The Morgan fingerprint density at radius 1 is 1.30 bits per heavy atom. The van der Waals surface area contributed by atoms with Crippen LogP contribution in [0.1, 0.15) is 36.9 Å². The van der Waals surface area contributed by atoms with Crippen LogP contribution < -0.4 is 4.74 Å². The van der Waals surface area contributed by atoms with Gasteiger partial charge in [0.1, 0.15) is 23.4 Å². The zero-order chi connectivity index (χ0) is 19.6. The Morgan fingerprint density at radius 3 is 2.74 bits per heavy atom. The van der Waals surface area contributed by atoms with Crippen LogP contribution in [-0.4, -0.2) is 35.2 Å². The normalized spacial score (nSPS) is 18.4. The molecule has 2 aromatic carbocycles. The van der Waals surface area contributed by atoms with E-state index in [-0.39, 0.29) is 5.56 Å². The molecule has 0 amide bonds. The molecule has 0 saturated carbocycles. The van der Waals surface area contributed by atoms with E-state index in [4.69, 9.17) is 16.3 Å². The van der Waals surface area contributed by atoms with Crippen LogP contribution in [0.2, 0.25) is 5.02 Å². The maximum atomic E-state index is 14.7. The molecule has 0 spiro atoms. The molecule has 1 saturated heterocycles. The predicted molar refractivity (Wildman–Crippen MR) is 98.2 cm³/mol. The third kappa shape index (κ3) is 4.06. The summed E-state index contributed by atoms with van der Waals surface area (Å²) in [6, 6.07) is 6.79. The van der Waals surface area contributed by atoms with E-state index in [0.717, 1.165) is 6.07 Å². The fraction of sp³-hybridized carbons (Fsp3) is 0.350. The number of halogens is 3. The summed E-state index contributed by atoms with van der Waals surface area (Å²) in [5.74, 6) is -1.91. The molecular formula is C20H20ClF2NO3. The first-order valence-corrected chi connectivity index (χ1v) is 9.16. The number of nitrogens with zero attached hydrogens (tertiary/aromatic N) is 1. The molecule has 0 radical (unpaired) electrons. The van der Waals surface area contributed by atoms with Crippen molar-refractivity contribution in [2.75, 3.05) is 13.2 Å². The van der Waals surface area contributed by atoms with Crippen LogP contribution in [0, 0.1) is 11.6 Å². The van der Waals surface area contributed by atoms with Gasteiger partial charge in [-0.2, -0.15) is 0 Å². The van der Waals surface area contributed by atoms with Crippen molar-refractivity contribution in [3.63, 3.8) is 0 Å². The number of rotatable bonds is 6. The summed E-state index contributed by atoms with van der Waals surface area (Å²) in [5.41, 5.74) is 0.746. The van der Waals surface area contributed by atoms with Crippen molar-refractivity contribution in [1.29, 1.82) is 0 Å². The van der Waals surface area contributed by atoms with E-state index in [1.807, 2.05) is 6.92 Å². The number of likely N-dealkylation sites (tertiary alicyclic amines) is 1. The maximum absolute atomic E-state index is 14.7. The highest BCUT2D eigenvalue weighted by atomic mass is 35.5. The summed E-state index contributed by atoms with van der Waals surface area (Å²) in [7, 11) is 0. The third-order valence-electron chi connectivity index (χ3n) is 4.73. The lowest BCUT2D eigenvalue weighted by Crippen LogP contribution is -2.39. The van der Waals surface area contributed by atoms with E-state index < -0.39 is 29.7 Å². The van der Waals surface area contributed by atoms with Crippen LogP contribution in [0.15, 0.2) is 36.4 Å². The van der Waals surface area contributed by atoms with E-state index in [1.165, 1.54) is 12.1 Å². The zero-order valence-corrected chi connectivity index (χ0v) is 15.5. The van der Waals surface area contributed by atoms with Crippen LogP contribution in [0.4, 0.5) is 8.78 Å². The second kappa shape index (κ2) is 8.23. The topological polar surface area (TPSA) is 49.8 Å². The van der Waals surface area contributed by atoms with Crippen LogP contribution in [0.25, 0.3) is 0 Å². The monoisotopic (exact) mass is 395 g/mol. The molecule has 2 atom stereocenters. The second-order valence-electron chi connectivity index (χ2n) is 6.42. The molecule has 144 valence electrons.